The van der Waals surface area contributed by atoms with E-state index in [1.165, 1.54) is 0 Å². The maximum absolute atomic E-state index is 12.2. The Labute approximate surface area is 163 Å². The monoisotopic (exact) mass is 378 g/mol. The molecule has 3 rings (SSSR count). The number of nitrogens with one attached hydrogen (secondary N) is 1. The molecule has 3 N–H and O–H groups in total. The number of nitrogens with zero attached hydrogens (tertiary/aromatic N) is 2. The van der Waals surface area contributed by atoms with Crippen LogP contribution < -0.4 is 20.5 Å². The molecule has 3 aromatic rings. The minimum absolute atomic E-state index is 0.124. The molecular weight excluding hydrogens is 356 g/mol. The molecule has 0 radical (unpaired) electrons. The van der Waals surface area contributed by atoms with Gasteiger partial charge in [0.15, 0.2) is 0 Å². The highest BCUT2D eigenvalue weighted by atomic mass is 16.5. The number of amides is 1. The van der Waals surface area contributed by atoms with Crippen LogP contribution >= 0.6 is 0 Å². The lowest BCUT2D eigenvalue weighted by atomic mass is 10.0. The molecule has 0 fully saturated rings. The van der Waals surface area contributed by atoms with Crippen molar-refractivity contribution in [2.24, 2.45) is 0 Å². The van der Waals surface area contributed by atoms with Gasteiger partial charge in [-0.25, -0.2) is 9.97 Å². The zero-order valence-electron chi connectivity index (χ0n) is 15.8. The molecular formula is C21H22N4O3. The summed E-state index contributed by atoms with van der Waals surface area (Å²) in [6, 6.07) is 16.9. The minimum Gasteiger partial charge on any atom is -0.490 e. The van der Waals surface area contributed by atoms with Crippen molar-refractivity contribution in [1.82, 2.24) is 15.3 Å². The Morgan fingerprint density at radius 3 is 2.18 bits per heavy atom. The van der Waals surface area contributed by atoms with Gasteiger partial charge in [-0.3, -0.25) is 4.79 Å². The quantitative estimate of drug-likeness (QED) is 0.613. The van der Waals surface area contributed by atoms with E-state index in [1.54, 1.807) is 14.0 Å². The number of nitrogen functional groups attached to an aromatic ring is 1. The van der Waals surface area contributed by atoms with Crippen LogP contribution in [0.5, 0.6) is 11.5 Å². The zero-order chi connectivity index (χ0) is 19.9. The number of aryl methyl sites for hydroxylation is 1. The van der Waals surface area contributed by atoms with Gasteiger partial charge in [0.2, 0.25) is 5.95 Å². The van der Waals surface area contributed by atoms with E-state index in [0.717, 1.165) is 11.3 Å². The summed E-state index contributed by atoms with van der Waals surface area (Å²) in [5, 5.41) is 2.61. The van der Waals surface area contributed by atoms with E-state index in [-0.39, 0.29) is 11.9 Å². The molecule has 0 saturated heterocycles. The smallest absolute Gasteiger partial charge is 0.255 e. The standard InChI is InChI=1S/C21H22N4O3/c1-14-18(20(26)23-2)19(25-21(22)24-14)15-8-10-17(11-9-15)28-13-12-27-16-6-4-3-5-7-16/h3-11H,12-13H2,1-2H3,(H,23,26)(H2,22,24,25). The van der Waals surface area contributed by atoms with Crippen LogP contribution in [0.1, 0.15) is 16.1 Å². The Morgan fingerprint density at radius 2 is 1.57 bits per heavy atom. The fraction of sp³-hybridized carbons (Fsp3) is 0.190. The third-order valence-electron chi connectivity index (χ3n) is 4.05. The molecule has 0 aliphatic rings. The Bertz CT molecular complexity index is 944. The van der Waals surface area contributed by atoms with Gasteiger partial charge < -0.3 is 20.5 Å². The van der Waals surface area contributed by atoms with Gasteiger partial charge in [0.05, 0.1) is 17.0 Å². The Morgan fingerprint density at radius 1 is 0.964 bits per heavy atom. The first-order valence-corrected chi connectivity index (χ1v) is 8.85. The zero-order valence-corrected chi connectivity index (χ0v) is 15.8. The molecule has 2 aromatic carbocycles. The summed E-state index contributed by atoms with van der Waals surface area (Å²) < 4.78 is 11.3. The topological polar surface area (TPSA) is 99.4 Å². The lowest BCUT2D eigenvalue weighted by molar-refractivity contribution is 0.0962. The Hall–Kier alpha value is -3.61. The van der Waals surface area contributed by atoms with Gasteiger partial charge >= 0.3 is 0 Å². The third-order valence-corrected chi connectivity index (χ3v) is 4.05. The maximum atomic E-state index is 12.2. The summed E-state index contributed by atoms with van der Waals surface area (Å²) in [6.45, 7) is 2.59. The molecule has 28 heavy (non-hydrogen) atoms. The van der Waals surface area contributed by atoms with E-state index in [4.69, 9.17) is 15.2 Å². The number of aromatic nitrogens is 2. The van der Waals surface area contributed by atoms with Crippen molar-refractivity contribution in [1.29, 1.82) is 0 Å². The van der Waals surface area contributed by atoms with Gasteiger partial charge in [-0.15, -0.1) is 0 Å². The van der Waals surface area contributed by atoms with Crippen LogP contribution in [0.25, 0.3) is 11.3 Å². The van der Waals surface area contributed by atoms with Gasteiger partial charge in [0.25, 0.3) is 5.91 Å². The summed E-state index contributed by atoms with van der Waals surface area (Å²) in [7, 11) is 1.57. The van der Waals surface area contributed by atoms with Crippen LogP contribution in [0.15, 0.2) is 54.6 Å². The average molecular weight is 378 g/mol. The molecule has 0 aliphatic carbocycles. The lowest BCUT2D eigenvalue weighted by Gasteiger charge is -2.12. The Kier molecular flexibility index (Phi) is 6.06. The van der Waals surface area contributed by atoms with E-state index in [1.807, 2.05) is 54.6 Å². The van der Waals surface area contributed by atoms with Crippen molar-refractivity contribution in [2.75, 3.05) is 26.0 Å². The number of benzene rings is 2. The van der Waals surface area contributed by atoms with Crippen LogP contribution in [0, 0.1) is 6.92 Å². The van der Waals surface area contributed by atoms with Gasteiger partial charge in [-0.1, -0.05) is 18.2 Å². The first kappa shape index (κ1) is 19.2. The van der Waals surface area contributed by atoms with Crippen molar-refractivity contribution in [2.45, 2.75) is 6.92 Å². The maximum Gasteiger partial charge on any atom is 0.255 e. The molecule has 0 aliphatic heterocycles. The first-order valence-electron chi connectivity index (χ1n) is 8.85. The summed E-state index contributed by atoms with van der Waals surface area (Å²) >= 11 is 0. The predicted molar refractivity (Wildman–Crippen MR) is 107 cm³/mol. The largest absolute Gasteiger partial charge is 0.490 e. The molecule has 0 saturated carbocycles. The van der Waals surface area contributed by atoms with Crippen molar-refractivity contribution >= 4 is 11.9 Å². The van der Waals surface area contributed by atoms with E-state index in [2.05, 4.69) is 15.3 Å². The highest BCUT2D eigenvalue weighted by Gasteiger charge is 2.18. The molecule has 0 unspecified atom stereocenters. The first-order chi connectivity index (χ1) is 13.6. The second kappa shape index (κ2) is 8.85. The SMILES string of the molecule is CNC(=O)c1c(C)nc(N)nc1-c1ccc(OCCOc2ccccc2)cc1. The van der Waals surface area contributed by atoms with Crippen molar-refractivity contribution in [3.63, 3.8) is 0 Å². The molecule has 7 heteroatoms. The number of hydrogen-bond donors (Lipinski definition) is 2. The van der Waals surface area contributed by atoms with Crippen LogP contribution in [0.4, 0.5) is 5.95 Å². The predicted octanol–water partition coefficient (Wildman–Crippen LogP) is 2.85. The van der Waals surface area contributed by atoms with E-state index in [9.17, 15) is 4.79 Å². The van der Waals surface area contributed by atoms with E-state index >= 15 is 0 Å². The van der Waals surface area contributed by atoms with Gasteiger partial charge in [-0.05, 0) is 43.3 Å². The fourth-order valence-corrected chi connectivity index (χ4v) is 2.75. The second-order valence-corrected chi connectivity index (χ2v) is 6.00. The van der Waals surface area contributed by atoms with Crippen LogP contribution in [0.2, 0.25) is 0 Å². The highest BCUT2D eigenvalue weighted by Crippen LogP contribution is 2.26. The molecule has 1 aromatic heterocycles. The van der Waals surface area contributed by atoms with Gasteiger partial charge in [0, 0.05) is 12.6 Å². The molecule has 0 bridgehead atoms. The highest BCUT2D eigenvalue weighted by molar-refractivity contribution is 6.00. The normalized spacial score (nSPS) is 10.4. The number of ether oxygens (including phenoxy) is 2. The summed E-state index contributed by atoms with van der Waals surface area (Å²) in [5.41, 5.74) is 7.95. The molecule has 1 heterocycles. The van der Waals surface area contributed by atoms with Gasteiger partial charge in [-0.2, -0.15) is 0 Å². The van der Waals surface area contributed by atoms with Crippen LogP contribution in [-0.2, 0) is 0 Å². The van der Waals surface area contributed by atoms with Gasteiger partial charge in [0.1, 0.15) is 24.7 Å². The molecule has 0 atom stereocenters. The number of carbonyl (C=O) groups excluding carboxylic acids is 1. The number of anilines is 1. The summed E-state index contributed by atoms with van der Waals surface area (Å²) in [5.74, 6) is 1.37. The number of para-hydroxylation sites is 1. The fourth-order valence-electron chi connectivity index (χ4n) is 2.75. The average Bonchev–Trinajstić information content (AvgIpc) is 2.71. The second-order valence-electron chi connectivity index (χ2n) is 6.00. The molecule has 1 amide bonds. The summed E-state index contributed by atoms with van der Waals surface area (Å²) in [6.07, 6.45) is 0. The van der Waals surface area contributed by atoms with Crippen molar-refractivity contribution < 1.29 is 14.3 Å². The summed E-state index contributed by atoms with van der Waals surface area (Å²) in [4.78, 5) is 20.6. The van der Waals surface area contributed by atoms with E-state index < -0.39 is 0 Å². The number of carbonyl (C=O) groups is 1. The molecule has 0 spiro atoms. The van der Waals surface area contributed by atoms with Crippen molar-refractivity contribution in [3.8, 4) is 22.8 Å². The van der Waals surface area contributed by atoms with E-state index in [0.29, 0.717) is 35.9 Å². The Balaban J connectivity index is 1.68. The van der Waals surface area contributed by atoms with Crippen LogP contribution in [0.3, 0.4) is 0 Å². The lowest BCUT2D eigenvalue weighted by Crippen LogP contribution is -2.21. The number of rotatable bonds is 7. The third kappa shape index (κ3) is 4.56. The molecule has 7 nitrogen and oxygen atoms in total. The van der Waals surface area contributed by atoms with Crippen LogP contribution in [-0.4, -0.2) is 36.1 Å². The number of nitrogens with two attached hydrogens (primary N) is 1. The minimum atomic E-state index is -0.258. The number of hydrogen-bond acceptors (Lipinski definition) is 6. The molecule has 144 valence electrons. The van der Waals surface area contributed by atoms with Crippen molar-refractivity contribution in [3.05, 3.63) is 65.9 Å².